The summed E-state index contributed by atoms with van der Waals surface area (Å²) in [4.78, 5) is 19.4. The fraction of sp³-hybridized carbons (Fsp3) is 0.0556. The third kappa shape index (κ3) is 3.60. The molecule has 0 fully saturated rings. The Kier molecular flexibility index (Phi) is 4.40. The van der Waals surface area contributed by atoms with Crippen LogP contribution in [0.1, 0.15) is 5.56 Å². The van der Waals surface area contributed by atoms with Gasteiger partial charge in [0.25, 0.3) is 0 Å². The number of aromatic nitrogens is 4. The Morgan fingerprint density at radius 1 is 1.27 bits per heavy atom. The molecule has 0 saturated carbocycles. The van der Waals surface area contributed by atoms with Crippen molar-refractivity contribution in [3.63, 3.8) is 0 Å². The van der Waals surface area contributed by atoms with E-state index >= 15 is 0 Å². The molecule has 7 nitrogen and oxygen atoms in total. The third-order valence-corrected chi connectivity index (χ3v) is 4.18. The van der Waals surface area contributed by atoms with E-state index in [4.69, 9.17) is 4.74 Å². The van der Waals surface area contributed by atoms with Crippen molar-refractivity contribution in [1.82, 2.24) is 19.7 Å². The number of hydrogen-bond donors (Lipinski definition) is 2. The number of ether oxygens (including phenoxy) is 1. The summed E-state index contributed by atoms with van der Waals surface area (Å²) in [5, 5.41) is 7.71. The highest BCUT2D eigenvalue weighted by Crippen LogP contribution is 2.24. The van der Waals surface area contributed by atoms with Crippen molar-refractivity contribution in [2.24, 2.45) is 0 Å². The van der Waals surface area contributed by atoms with Crippen LogP contribution in [0.4, 0.5) is 10.5 Å². The number of rotatable bonds is 4. The first-order chi connectivity index (χ1) is 12.7. The SMILES string of the molecule is O=C(Nc1c[nH]c2ncc(Br)cc12)Oc1cnn(Cc2ccccc2)c1. The summed E-state index contributed by atoms with van der Waals surface area (Å²) >= 11 is 3.37. The van der Waals surface area contributed by atoms with Crippen LogP contribution in [0, 0.1) is 0 Å². The molecule has 0 atom stereocenters. The predicted molar refractivity (Wildman–Crippen MR) is 101 cm³/mol. The molecule has 0 saturated heterocycles. The molecule has 3 heterocycles. The van der Waals surface area contributed by atoms with Crippen molar-refractivity contribution in [3.05, 3.63) is 71.2 Å². The van der Waals surface area contributed by atoms with E-state index in [1.54, 1.807) is 23.3 Å². The van der Waals surface area contributed by atoms with Crippen LogP contribution in [0.2, 0.25) is 0 Å². The number of amides is 1. The molecule has 3 aromatic heterocycles. The normalized spacial score (nSPS) is 10.8. The van der Waals surface area contributed by atoms with Crippen molar-refractivity contribution >= 4 is 38.7 Å². The predicted octanol–water partition coefficient (Wildman–Crippen LogP) is 4.18. The molecule has 0 bridgehead atoms. The number of pyridine rings is 1. The second-order valence-corrected chi connectivity index (χ2v) is 6.54. The number of nitrogens with zero attached hydrogens (tertiary/aromatic N) is 3. The average Bonchev–Trinajstić information content (AvgIpc) is 3.23. The Bertz CT molecular complexity index is 1060. The first-order valence-electron chi connectivity index (χ1n) is 7.85. The second-order valence-electron chi connectivity index (χ2n) is 5.63. The van der Waals surface area contributed by atoms with Gasteiger partial charge in [-0.2, -0.15) is 5.10 Å². The molecule has 0 aliphatic heterocycles. The Labute approximate surface area is 157 Å². The highest BCUT2D eigenvalue weighted by molar-refractivity contribution is 9.10. The van der Waals surface area contributed by atoms with Crippen LogP contribution in [-0.2, 0) is 6.54 Å². The van der Waals surface area contributed by atoms with Crippen LogP contribution < -0.4 is 10.1 Å². The van der Waals surface area contributed by atoms with Gasteiger partial charge < -0.3 is 9.72 Å². The number of halogens is 1. The van der Waals surface area contributed by atoms with E-state index in [1.807, 2.05) is 36.4 Å². The minimum absolute atomic E-state index is 0.373. The Balaban J connectivity index is 1.42. The molecule has 0 aliphatic rings. The van der Waals surface area contributed by atoms with Crippen LogP contribution in [0.25, 0.3) is 11.0 Å². The van der Waals surface area contributed by atoms with E-state index in [0.29, 0.717) is 23.6 Å². The maximum atomic E-state index is 12.2. The molecule has 8 heteroatoms. The number of anilines is 1. The summed E-state index contributed by atoms with van der Waals surface area (Å²) in [6, 6.07) is 11.8. The summed E-state index contributed by atoms with van der Waals surface area (Å²) in [6.07, 6.45) is 5.95. The molecule has 0 spiro atoms. The minimum atomic E-state index is -0.592. The van der Waals surface area contributed by atoms with Crippen molar-refractivity contribution in [3.8, 4) is 5.75 Å². The number of carbonyl (C=O) groups excluding carboxylic acids is 1. The minimum Gasteiger partial charge on any atom is -0.407 e. The van der Waals surface area contributed by atoms with E-state index < -0.39 is 6.09 Å². The summed E-state index contributed by atoms with van der Waals surface area (Å²) in [7, 11) is 0. The van der Waals surface area contributed by atoms with Gasteiger partial charge in [-0.25, -0.2) is 9.78 Å². The van der Waals surface area contributed by atoms with Gasteiger partial charge in [0.2, 0.25) is 0 Å². The van der Waals surface area contributed by atoms with Crippen LogP contribution in [0.5, 0.6) is 5.75 Å². The number of carbonyl (C=O) groups is 1. The lowest BCUT2D eigenvalue weighted by Crippen LogP contribution is -2.16. The smallest absolute Gasteiger partial charge is 0.407 e. The first kappa shape index (κ1) is 16.3. The van der Waals surface area contributed by atoms with Gasteiger partial charge in [-0.15, -0.1) is 0 Å². The lowest BCUT2D eigenvalue weighted by atomic mass is 10.2. The van der Waals surface area contributed by atoms with Crippen molar-refractivity contribution < 1.29 is 9.53 Å². The quantitative estimate of drug-likeness (QED) is 0.527. The van der Waals surface area contributed by atoms with Gasteiger partial charge in [0.05, 0.1) is 24.6 Å². The summed E-state index contributed by atoms with van der Waals surface area (Å²) in [5.74, 6) is 0.373. The van der Waals surface area contributed by atoms with Crippen LogP contribution in [0.3, 0.4) is 0 Å². The Hall–Kier alpha value is -3.13. The van der Waals surface area contributed by atoms with Gasteiger partial charge in [0.15, 0.2) is 5.75 Å². The number of benzene rings is 1. The van der Waals surface area contributed by atoms with Crippen molar-refractivity contribution in [2.45, 2.75) is 6.54 Å². The van der Waals surface area contributed by atoms with Crippen LogP contribution >= 0.6 is 15.9 Å². The lowest BCUT2D eigenvalue weighted by molar-refractivity contribution is 0.215. The molecule has 0 unspecified atom stereocenters. The lowest BCUT2D eigenvalue weighted by Gasteiger charge is -2.04. The summed E-state index contributed by atoms with van der Waals surface area (Å²) in [6.45, 7) is 0.605. The third-order valence-electron chi connectivity index (χ3n) is 3.74. The van der Waals surface area contributed by atoms with Gasteiger partial charge in [0.1, 0.15) is 5.65 Å². The van der Waals surface area contributed by atoms with Gasteiger partial charge in [-0.1, -0.05) is 30.3 Å². The number of nitrogens with one attached hydrogen (secondary N) is 2. The highest BCUT2D eigenvalue weighted by atomic mass is 79.9. The fourth-order valence-corrected chi connectivity index (χ4v) is 2.91. The second kappa shape index (κ2) is 7.01. The standard InChI is InChI=1S/C18H14BrN5O2/c19-13-6-15-16(9-21-17(15)20-7-13)23-18(25)26-14-8-22-24(11-14)10-12-4-2-1-3-5-12/h1-9,11H,10H2,(H,20,21)(H,23,25). The van der Waals surface area contributed by atoms with Crippen molar-refractivity contribution in [1.29, 1.82) is 0 Å². The fourth-order valence-electron chi connectivity index (χ4n) is 2.58. The highest BCUT2D eigenvalue weighted by Gasteiger charge is 2.11. The average molecular weight is 412 g/mol. The summed E-state index contributed by atoms with van der Waals surface area (Å²) in [5.41, 5.74) is 2.39. The zero-order valence-electron chi connectivity index (χ0n) is 13.5. The molecule has 0 aliphatic carbocycles. The van der Waals surface area contributed by atoms with E-state index in [9.17, 15) is 4.79 Å². The van der Waals surface area contributed by atoms with Crippen LogP contribution in [-0.4, -0.2) is 25.8 Å². The summed E-state index contributed by atoms with van der Waals surface area (Å²) < 4.78 is 7.84. The molecule has 1 aromatic carbocycles. The number of aromatic amines is 1. The topological polar surface area (TPSA) is 84.8 Å². The van der Waals surface area contributed by atoms with Crippen molar-refractivity contribution in [2.75, 3.05) is 5.32 Å². The molecule has 4 aromatic rings. The number of hydrogen-bond acceptors (Lipinski definition) is 4. The monoisotopic (exact) mass is 411 g/mol. The molecular weight excluding hydrogens is 398 g/mol. The molecule has 1 amide bonds. The molecule has 2 N–H and O–H groups in total. The van der Waals surface area contributed by atoms with E-state index in [1.165, 1.54) is 6.20 Å². The maximum absolute atomic E-state index is 12.2. The van der Waals surface area contributed by atoms with E-state index in [-0.39, 0.29) is 0 Å². The van der Waals surface area contributed by atoms with Gasteiger partial charge in [0, 0.05) is 22.3 Å². The Morgan fingerprint density at radius 3 is 2.96 bits per heavy atom. The van der Waals surface area contributed by atoms with E-state index in [0.717, 1.165) is 15.4 Å². The maximum Gasteiger partial charge on any atom is 0.417 e. The molecule has 0 radical (unpaired) electrons. The van der Waals surface area contributed by atoms with Crippen LogP contribution in [0.15, 0.2) is 65.7 Å². The zero-order chi connectivity index (χ0) is 17.9. The molecule has 130 valence electrons. The number of H-pyrrole nitrogens is 1. The molecule has 4 rings (SSSR count). The van der Waals surface area contributed by atoms with E-state index in [2.05, 4.69) is 36.3 Å². The first-order valence-corrected chi connectivity index (χ1v) is 8.64. The molecular formula is C18H14BrN5O2. The largest absolute Gasteiger partial charge is 0.417 e. The Morgan fingerprint density at radius 2 is 2.12 bits per heavy atom. The van der Waals surface area contributed by atoms with Gasteiger partial charge in [-0.05, 0) is 27.6 Å². The van der Waals surface area contributed by atoms with Gasteiger partial charge >= 0.3 is 6.09 Å². The molecule has 26 heavy (non-hydrogen) atoms. The van der Waals surface area contributed by atoms with Gasteiger partial charge in [-0.3, -0.25) is 10.00 Å². The zero-order valence-corrected chi connectivity index (χ0v) is 15.1. The number of fused-ring (bicyclic) bond motifs is 1.